The molecule has 1 spiro atoms. The number of pyridine rings is 1. The normalized spacial score (nSPS) is 21.5. The van der Waals surface area contributed by atoms with Gasteiger partial charge in [0.2, 0.25) is 0 Å². The number of ether oxygens (including phenoxy) is 2. The van der Waals surface area contributed by atoms with Gasteiger partial charge in [0.1, 0.15) is 29.8 Å². The topological polar surface area (TPSA) is 196 Å². The highest BCUT2D eigenvalue weighted by Crippen LogP contribution is 2.54. The Balaban J connectivity index is 0.860. The lowest BCUT2D eigenvalue weighted by Crippen LogP contribution is -2.54. The molecule has 0 radical (unpaired) electrons. The summed E-state index contributed by atoms with van der Waals surface area (Å²) in [4.78, 5) is 38.0. The molecule has 362 valence electrons. The fourth-order valence-corrected chi connectivity index (χ4v) is 13.0. The van der Waals surface area contributed by atoms with E-state index in [9.17, 15) is 28.6 Å². The van der Waals surface area contributed by atoms with Crippen molar-refractivity contribution in [3.63, 3.8) is 0 Å². The van der Waals surface area contributed by atoms with E-state index in [1.54, 1.807) is 30.5 Å². The van der Waals surface area contributed by atoms with Crippen LogP contribution in [0.1, 0.15) is 137 Å². The quantitative estimate of drug-likeness (QED) is 0.0792. The number of nitrogens with one attached hydrogen (secondary N) is 3. The van der Waals surface area contributed by atoms with Crippen molar-refractivity contribution in [2.24, 2.45) is 16.7 Å². The molecule has 3 aromatic carbocycles. The largest absolute Gasteiger partial charge is 0.489 e. The van der Waals surface area contributed by atoms with Crippen molar-refractivity contribution in [3.05, 3.63) is 105 Å². The van der Waals surface area contributed by atoms with Crippen LogP contribution in [0.2, 0.25) is 0 Å². The number of likely N-dealkylation sites (tertiary alicyclic amines) is 1. The van der Waals surface area contributed by atoms with Gasteiger partial charge in [0.05, 0.1) is 33.2 Å². The molecular formula is C53H62N8O7S. The van der Waals surface area contributed by atoms with Gasteiger partial charge in [-0.15, -0.1) is 0 Å². The summed E-state index contributed by atoms with van der Waals surface area (Å²) in [7, 11) is -4.67. The van der Waals surface area contributed by atoms with E-state index in [0.717, 1.165) is 76.3 Å². The van der Waals surface area contributed by atoms with Gasteiger partial charge in [-0.05, 0) is 129 Å². The van der Waals surface area contributed by atoms with Gasteiger partial charge >= 0.3 is 0 Å². The smallest absolute Gasteiger partial charge is 0.297 e. The van der Waals surface area contributed by atoms with Gasteiger partial charge in [0.25, 0.3) is 21.6 Å². The summed E-state index contributed by atoms with van der Waals surface area (Å²) in [5.74, 6) is 0.301. The van der Waals surface area contributed by atoms with Crippen LogP contribution in [0, 0.1) is 38.2 Å². The predicted octanol–water partition coefficient (Wildman–Crippen LogP) is 10.7. The molecule has 1 amide bonds. The molecule has 2 aromatic heterocycles. The molecular weight excluding hydrogens is 893 g/mol. The number of carbonyl (C=O) groups excluding carboxylic acids is 1. The maximum atomic E-state index is 14.2. The van der Waals surface area contributed by atoms with E-state index in [1.807, 2.05) is 0 Å². The molecule has 69 heavy (non-hydrogen) atoms. The fourth-order valence-electron chi connectivity index (χ4n) is 12.0. The molecule has 2 saturated carbocycles. The number of nitro groups is 1. The minimum absolute atomic E-state index is 0.0317. The van der Waals surface area contributed by atoms with Crippen LogP contribution in [0.4, 0.5) is 17.1 Å². The van der Waals surface area contributed by atoms with Crippen LogP contribution in [-0.4, -0.2) is 72.4 Å². The molecule has 3 N–H and O–H groups in total. The molecule has 1 unspecified atom stereocenters. The maximum absolute atomic E-state index is 14.2. The first kappa shape index (κ1) is 46.5. The lowest BCUT2D eigenvalue weighted by Gasteiger charge is -2.56. The second kappa shape index (κ2) is 18.3. The van der Waals surface area contributed by atoms with Gasteiger partial charge in [-0.25, -0.2) is 18.1 Å². The third-order valence-electron chi connectivity index (χ3n) is 16.0. The molecule has 3 aliphatic heterocycles. The van der Waals surface area contributed by atoms with Crippen molar-refractivity contribution in [2.45, 2.75) is 127 Å². The van der Waals surface area contributed by atoms with Crippen LogP contribution in [0.15, 0.2) is 78.0 Å². The van der Waals surface area contributed by atoms with Crippen LogP contribution >= 0.6 is 0 Å². The van der Waals surface area contributed by atoms with Crippen LogP contribution in [-0.2, 0) is 10.0 Å². The van der Waals surface area contributed by atoms with E-state index < -0.39 is 31.4 Å². The number of H-pyrrole nitrogens is 1. The highest BCUT2D eigenvalue weighted by Gasteiger charge is 2.50. The van der Waals surface area contributed by atoms with Crippen LogP contribution in [0.3, 0.4) is 0 Å². The van der Waals surface area contributed by atoms with Gasteiger partial charge in [0, 0.05) is 60.6 Å². The van der Waals surface area contributed by atoms with Gasteiger partial charge < -0.3 is 24.7 Å². The minimum Gasteiger partial charge on any atom is -0.489 e. The monoisotopic (exact) mass is 954 g/mol. The summed E-state index contributed by atoms with van der Waals surface area (Å²) in [5, 5.41) is 26.0. The molecule has 5 aliphatic rings. The molecule has 0 bridgehead atoms. The number of hydrogen-bond donors (Lipinski definition) is 3. The number of nitrogens with zero attached hydrogens (tertiary/aromatic N) is 5. The number of sulfonamides is 1. The summed E-state index contributed by atoms with van der Waals surface area (Å²) >= 11 is 0. The second-order valence-corrected chi connectivity index (χ2v) is 23.1. The summed E-state index contributed by atoms with van der Waals surface area (Å²) in [5.41, 5.74) is 4.78. The third kappa shape index (κ3) is 9.35. The molecule has 15 nitrogen and oxygen atoms in total. The summed E-state index contributed by atoms with van der Waals surface area (Å²) in [6.07, 6.45) is 15.0. The SMILES string of the molecule is CC(C)c1ccccc1[C@@H]1CCCN1C1CC2(CCN(c3ccc(C(=O)NS(=O)(=O)c4cc5c(c([N+](=O)[O-])c4)NC(CC4CCC(C)(C)CC4)CO5)c(Oc4cnc5[nH]cc(C#N)c5c4)c3)CC2)C1. The number of aromatic amines is 1. The van der Waals surface area contributed by atoms with Crippen molar-refractivity contribution in [3.8, 4) is 23.3 Å². The van der Waals surface area contributed by atoms with E-state index in [0.29, 0.717) is 45.9 Å². The van der Waals surface area contributed by atoms with Gasteiger partial charge in [-0.1, -0.05) is 52.0 Å². The molecule has 5 heterocycles. The Hall–Kier alpha value is -6.18. The zero-order valence-electron chi connectivity index (χ0n) is 39.9. The van der Waals surface area contributed by atoms with E-state index >= 15 is 0 Å². The first-order chi connectivity index (χ1) is 33.1. The van der Waals surface area contributed by atoms with Crippen molar-refractivity contribution >= 4 is 44.0 Å². The van der Waals surface area contributed by atoms with E-state index in [2.05, 4.69) is 87.8 Å². The van der Waals surface area contributed by atoms with Gasteiger partial charge in [0.15, 0.2) is 11.4 Å². The zero-order valence-corrected chi connectivity index (χ0v) is 40.7. The number of carbonyl (C=O) groups is 1. The Morgan fingerprint density at radius 2 is 1.81 bits per heavy atom. The number of piperidine rings is 1. The predicted molar refractivity (Wildman–Crippen MR) is 264 cm³/mol. The van der Waals surface area contributed by atoms with Gasteiger partial charge in [-0.2, -0.15) is 5.26 Å². The Kier molecular flexibility index (Phi) is 12.3. The summed E-state index contributed by atoms with van der Waals surface area (Å²) < 4.78 is 42.6. The van der Waals surface area contributed by atoms with E-state index in [4.69, 9.17) is 9.47 Å². The molecule has 2 aliphatic carbocycles. The number of benzene rings is 3. The summed E-state index contributed by atoms with van der Waals surface area (Å²) in [6.45, 7) is 12.1. The van der Waals surface area contributed by atoms with Crippen LogP contribution < -0.4 is 24.4 Å². The average Bonchev–Trinajstić information content (AvgIpc) is 3.98. The molecule has 5 aromatic rings. The number of hydrogen-bond acceptors (Lipinski definition) is 12. The van der Waals surface area contributed by atoms with Crippen molar-refractivity contribution in [2.75, 3.05) is 36.5 Å². The number of aromatic nitrogens is 2. The van der Waals surface area contributed by atoms with E-state index in [-0.39, 0.29) is 46.6 Å². The van der Waals surface area contributed by atoms with Crippen LogP contribution in [0.5, 0.6) is 17.2 Å². The number of nitro benzene ring substituents is 1. The Bertz CT molecular complexity index is 2940. The standard InChI is InChI=1S/C53H62N8O7S/c1-33(2)41-8-5-6-9-42(41)45-10-7-19-60(45)38-27-53(28-38)17-20-59(21-18-53)37-11-12-43(47(23-37)68-39-24-44-35(29-54)30-55-50(44)56-31-39)51(62)58-69(65,66)40-25-46(61(63)64)49-48(26-40)67-32-36(57-49)22-34-13-15-52(3,4)16-14-34/h5-6,8-9,11-12,23-26,30-31,33-34,36,38,45,57H,7,10,13-22,27-28,32H2,1-4H3,(H,55,56)(H,58,62)/t36?,45-/m0/s1. The number of nitriles is 1. The number of fused-ring (bicyclic) bond motifs is 2. The van der Waals surface area contributed by atoms with Gasteiger partial charge in [-0.3, -0.25) is 19.8 Å². The first-order valence-corrected chi connectivity index (χ1v) is 26.1. The van der Waals surface area contributed by atoms with E-state index in [1.165, 1.54) is 49.1 Å². The highest BCUT2D eigenvalue weighted by molar-refractivity contribution is 7.90. The van der Waals surface area contributed by atoms with Crippen molar-refractivity contribution in [1.29, 1.82) is 5.26 Å². The second-order valence-electron chi connectivity index (χ2n) is 21.4. The molecule has 10 rings (SSSR count). The fraction of sp³-hybridized carbons (Fsp3) is 0.491. The van der Waals surface area contributed by atoms with Crippen molar-refractivity contribution in [1.82, 2.24) is 19.6 Å². The lowest BCUT2D eigenvalue weighted by atomic mass is 9.59. The maximum Gasteiger partial charge on any atom is 0.297 e. The zero-order chi connectivity index (χ0) is 48.2. The highest BCUT2D eigenvalue weighted by atomic mass is 32.2. The number of amides is 1. The molecule has 2 saturated heterocycles. The number of anilines is 2. The minimum atomic E-state index is -4.67. The number of rotatable bonds is 12. The third-order valence-corrected chi connectivity index (χ3v) is 17.3. The molecule has 4 fully saturated rings. The molecule has 2 atom stereocenters. The Morgan fingerprint density at radius 3 is 2.55 bits per heavy atom. The Morgan fingerprint density at radius 1 is 1.04 bits per heavy atom. The average molecular weight is 955 g/mol. The van der Waals surface area contributed by atoms with Crippen molar-refractivity contribution < 1.29 is 27.6 Å². The van der Waals surface area contributed by atoms with Crippen LogP contribution in [0.25, 0.3) is 11.0 Å². The lowest BCUT2D eigenvalue weighted by molar-refractivity contribution is -0.384. The first-order valence-electron chi connectivity index (χ1n) is 24.7. The summed E-state index contributed by atoms with van der Waals surface area (Å²) in [6, 6.07) is 20.9. The Labute approximate surface area is 404 Å². The molecule has 16 heteroatoms.